The predicted molar refractivity (Wildman–Crippen MR) is 36.3 cm³/mol. The fraction of sp³-hybridized carbons (Fsp3) is 0. The van der Waals surface area contributed by atoms with Crippen molar-refractivity contribution in [3.05, 3.63) is 31.5 Å². The number of hydrogen-bond acceptors (Lipinski definition) is 3. The molecule has 10 heavy (non-hydrogen) atoms. The van der Waals surface area contributed by atoms with Gasteiger partial charge < -0.3 is 2.85 Å². The van der Waals surface area contributed by atoms with Crippen molar-refractivity contribution in [1.82, 2.24) is 15.0 Å². The van der Waals surface area contributed by atoms with E-state index in [9.17, 15) is 14.4 Å². The Morgan fingerprint density at radius 2 is 1.00 bits per heavy atom. The van der Waals surface area contributed by atoms with Crippen LogP contribution in [0.1, 0.15) is 2.85 Å². The van der Waals surface area contributed by atoms with Gasteiger partial charge in [0.25, 0.3) is 0 Å². The van der Waals surface area contributed by atoms with E-state index < -0.39 is 17.1 Å². The van der Waals surface area contributed by atoms with Crippen molar-refractivity contribution in [3.8, 4) is 0 Å². The molecule has 0 aromatic carbocycles. The van der Waals surface area contributed by atoms with E-state index >= 15 is 0 Å². The van der Waals surface area contributed by atoms with Crippen LogP contribution in [0.3, 0.4) is 0 Å². The molecule has 0 aliphatic heterocycles. The van der Waals surface area contributed by atoms with Crippen molar-refractivity contribution in [3.63, 3.8) is 0 Å². The van der Waals surface area contributed by atoms with Crippen LogP contribution in [-0.4, -0.2) is 52.7 Å². The normalized spacial score (nSPS) is 8.40. The number of rotatable bonds is 0. The molecule has 0 bridgehead atoms. The Labute approximate surface area is 86.7 Å². The first kappa shape index (κ1) is 9.67. The maximum atomic E-state index is 10.2. The van der Waals surface area contributed by atoms with Crippen LogP contribution in [0.4, 0.5) is 0 Å². The van der Waals surface area contributed by atoms with Crippen LogP contribution in [0.25, 0.3) is 0 Å². The second-order valence-corrected chi connectivity index (χ2v) is 1.36. The molecule has 0 unspecified atom stereocenters. The van der Waals surface area contributed by atoms with Gasteiger partial charge in [-0.05, 0) is 0 Å². The van der Waals surface area contributed by atoms with E-state index in [2.05, 4.69) is 0 Å². The standard InChI is InChI=1S/C3H3N3O3.Ca.2H/c7-1-4-2(8)6-3(9)5-1;;;/h(H3,4,5,6,7,8,9);;;/q;+2;2*-1. The first-order valence-electron chi connectivity index (χ1n) is 2.11. The molecule has 0 aliphatic carbocycles. The van der Waals surface area contributed by atoms with Crippen LogP contribution in [0.15, 0.2) is 14.4 Å². The fourth-order valence-electron chi connectivity index (χ4n) is 0.403. The third-order valence-electron chi connectivity index (χ3n) is 0.681. The van der Waals surface area contributed by atoms with Gasteiger partial charge in [-0.25, -0.2) is 14.4 Å². The zero-order valence-electron chi connectivity index (χ0n) is 6.93. The first-order chi connectivity index (χ1) is 4.18. The number of hydrogen-bond donors (Lipinski definition) is 3. The summed E-state index contributed by atoms with van der Waals surface area (Å²) in [4.78, 5) is 35.9. The van der Waals surface area contributed by atoms with Crippen molar-refractivity contribution in [2.75, 3.05) is 0 Å². The van der Waals surface area contributed by atoms with Crippen molar-refractivity contribution >= 4 is 37.7 Å². The van der Waals surface area contributed by atoms with Crippen LogP contribution in [-0.2, 0) is 0 Å². The summed E-state index contributed by atoms with van der Waals surface area (Å²) < 4.78 is 0. The zero-order chi connectivity index (χ0) is 6.85. The molecule has 0 saturated carbocycles. The van der Waals surface area contributed by atoms with Crippen molar-refractivity contribution < 1.29 is 2.85 Å². The third kappa shape index (κ3) is 2.51. The summed E-state index contributed by atoms with van der Waals surface area (Å²) in [5.74, 6) is 0. The molecule has 6 nitrogen and oxygen atoms in total. The number of nitrogens with one attached hydrogen (secondary N) is 3. The quantitative estimate of drug-likeness (QED) is 0.379. The van der Waals surface area contributed by atoms with Gasteiger partial charge in [-0.2, -0.15) is 0 Å². The van der Waals surface area contributed by atoms with Gasteiger partial charge in [0.05, 0.1) is 0 Å². The van der Waals surface area contributed by atoms with E-state index in [1.807, 2.05) is 0 Å². The fourth-order valence-corrected chi connectivity index (χ4v) is 0.403. The van der Waals surface area contributed by atoms with Crippen LogP contribution in [0.2, 0.25) is 0 Å². The predicted octanol–water partition coefficient (Wildman–Crippen LogP) is -2.40. The van der Waals surface area contributed by atoms with E-state index in [0.29, 0.717) is 0 Å². The monoisotopic (exact) mass is 171 g/mol. The number of H-pyrrole nitrogens is 3. The molecule has 0 atom stereocenters. The Hall–Kier alpha value is -0.330. The third-order valence-corrected chi connectivity index (χ3v) is 0.681. The average Bonchev–Trinajstić information content (AvgIpc) is 1.59. The maximum Gasteiger partial charge on any atom is 2.00 e. The SMILES string of the molecule is O=c1[nH]c(=O)[nH]c(=O)[nH]1.[Ca+2].[H-].[H-]. The van der Waals surface area contributed by atoms with Gasteiger partial charge >= 0.3 is 54.8 Å². The van der Waals surface area contributed by atoms with Crippen molar-refractivity contribution in [2.24, 2.45) is 0 Å². The van der Waals surface area contributed by atoms with E-state index in [1.165, 1.54) is 0 Å². The molecule has 1 aromatic heterocycles. The van der Waals surface area contributed by atoms with E-state index in [0.717, 1.165) is 0 Å². The Balaban J connectivity index is -0.000000270. The smallest absolute Gasteiger partial charge is 1.00 e. The molecule has 1 rings (SSSR count). The van der Waals surface area contributed by atoms with Crippen molar-refractivity contribution in [2.45, 2.75) is 0 Å². The molecule has 0 amide bonds. The van der Waals surface area contributed by atoms with Crippen molar-refractivity contribution in [1.29, 1.82) is 0 Å². The summed E-state index contributed by atoms with van der Waals surface area (Å²) in [5, 5.41) is 0. The second-order valence-electron chi connectivity index (χ2n) is 1.36. The molecule has 0 spiro atoms. The van der Waals surface area contributed by atoms with Gasteiger partial charge in [0.1, 0.15) is 0 Å². The van der Waals surface area contributed by atoms with Gasteiger partial charge in [0.15, 0.2) is 0 Å². The molecule has 0 aliphatic rings. The molecule has 0 fully saturated rings. The van der Waals surface area contributed by atoms with Gasteiger partial charge in [0.2, 0.25) is 0 Å². The second kappa shape index (κ2) is 3.74. The van der Waals surface area contributed by atoms with E-state index in [4.69, 9.17) is 0 Å². The van der Waals surface area contributed by atoms with Crippen LogP contribution in [0, 0.1) is 0 Å². The maximum absolute atomic E-state index is 10.2. The van der Waals surface area contributed by atoms with Gasteiger partial charge in [0, 0.05) is 0 Å². The minimum Gasteiger partial charge on any atom is -1.00 e. The Bertz CT molecular complexity index is 289. The summed E-state index contributed by atoms with van der Waals surface area (Å²) in [7, 11) is 0. The average molecular weight is 171 g/mol. The summed E-state index contributed by atoms with van der Waals surface area (Å²) in [6.45, 7) is 0. The van der Waals surface area contributed by atoms with Gasteiger partial charge in [-0.1, -0.05) is 0 Å². The minimum atomic E-state index is -0.802. The van der Waals surface area contributed by atoms with Gasteiger partial charge in [-0.3, -0.25) is 15.0 Å². The Morgan fingerprint density at radius 3 is 1.20 bits per heavy atom. The molecular formula is C3H5CaN3O3. The Kier molecular flexibility index (Phi) is 3.62. The zero-order valence-corrected chi connectivity index (χ0v) is 7.14. The van der Waals surface area contributed by atoms with Crippen LogP contribution >= 0.6 is 0 Å². The van der Waals surface area contributed by atoms with E-state index in [1.54, 1.807) is 15.0 Å². The molecule has 3 N–H and O–H groups in total. The van der Waals surface area contributed by atoms with Crippen LogP contribution in [0.5, 0.6) is 0 Å². The largest absolute Gasteiger partial charge is 2.00 e. The minimum absolute atomic E-state index is 0. The summed E-state index contributed by atoms with van der Waals surface area (Å²) >= 11 is 0. The summed E-state index contributed by atoms with van der Waals surface area (Å²) in [5.41, 5.74) is -2.41. The van der Waals surface area contributed by atoms with Gasteiger partial charge in [-0.15, -0.1) is 0 Å². The van der Waals surface area contributed by atoms with E-state index in [-0.39, 0.29) is 40.6 Å². The molecular weight excluding hydrogens is 166 g/mol. The number of aromatic amines is 3. The molecule has 52 valence electrons. The molecule has 1 aromatic rings. The number of aromatic nitrogens is 3. The van der Waals surface area contributed by atoms with Crippen LogP contribution < -0.4 is 17.1 Å². The Morgan fingerprint density at radius 1 is 0.800 bits per heavy atom. The molecule has 0 radical (unpaired) electrons. The first-order valence-corrected chi connectivity index (χ1v) is 2.11. The molecule has 0 saturated heterocycles. The topological polar surface area (TPSA) is 98.6 Å². The summed E-state index contributed by atoms with van der Waals surface area (Å²) in [6.07, 6.45) is 0. The molecule has 7 heteroatoms. The molecule has 1 heterocycles. The summed E-state index contributed by atoms with van der Waals surface area (Å²) in [6, 6.07) is 0.